The van der Waals surface area contributed by atoms with Crippen molar-refractivity contribution in [1.82, 2.24) is 5.32 Å². The molecule has 0 aromatic heterocycles. The first-order valence-corrected chi connectivity index (χ1v) is 6.39. The van der Waals surface area contributed by atoms with Crippen LogP contribution in [0.15, 0.2) is 18.2 Å². The Labute approximate surface area is 119 Å². The van der Waals surface area contributed by atoms with Gasteiger partial charge < -0.3 is 15.5 Å². The summed E-state index contributed by atoms with van der Waals surface area (Å²) in [5.74, 6) is -3.64. The van der Waals surface area contributed by atoms with Gasteiger partial charge in [-0.25, -0.2) is 8.78 Å². The van der Waals surface area contributed by atoms with Crippen LogP contribution in [0.2, 0.25) is 0 Å². The van der Waals surface area contributed by atoms with E-state index in [0.29, 0.717) is 6.07 Å². The van der Waals surface area contributed by atoms with Crippen LogP contribution < -0.4 is 5.32 Å². The normalized spacial score (nSPS) is 18.7. The van der Waals surface area contributed by atoms with Crippen molar-refractivity contribution >= 4 is 11.9 Å². The fourth-order valence-corrected chi connectivity index (χ4v) is 2.11. The lowest BCUT2D eigenvalue weighted by molar-refractivity contribution is -0.149. The van der Waals surface area contributed by atoms with Crippen LogP contribution in [-0.2, 0) is 15.2 Å². The van der Waals surface area contributed by atoms with Crippen molar-refractivity contribution in [3.05, 3.63) is 35.4 Å². The molecule has 2 rings (SSSR count). The third-order valence-electron chi connectivity index (χ3n) is 3.70. The number of aliphatic hydroxyl groups is 1. The molecule has 1 fully saturated rings. The van der Waals surface area contributed by atoms with Gasteiger partial charge in [0.1, 0.15) is 22.7 Å². The van der Waals surface area contributed by atoms with Gasteiger partial charge in [0.25, 0.3) is 0 Å². The van der Waals surface area contributed by atoms with Gasteiger partial charge in [-0.15, -0.1) is 0 Å². The predicted molar refractivity (Wildman–Crippen MR) is 68.2 cm³/mol. The van der Waals surface area contributed by atoms with E-state index in [1.807, 2.05) is 0 Å². The van der Waals surface area contributed by atoms with Gasteiger partial charge in [0.15, 0.2) is 0 Å². The van der Waals surface area contributed by atoms with Gasteiger partial charge in [-0.05, 0) is 25.8 Å². The molecular formula is C14H15F2NO4. The smallest absolute Gasteiger partial charge is 0.319 e. The molecule has 1 aromatic rings. The largest absolute Gasteiger partial charge is 0.480 e. The second-order valence-electron chi connectivity index (χ2n) is 5.47. The zero-order chi connectivity index (χ0) is 15.8. The number of hydrogen-bond acceptors (Lipinski definition) is 3. The summed E-state index contributed by atoms with van der Waals surface area (Å²) in [5, 5.41) is 21.5. The van der Waals surface area contributed by atoms with E-state index in [0.717, 1.165) is 12.1 Å². The summed E-state index contributed by atoms with van der Waals surface area (Å²) in [6.07, 6.45) is 0.475. The Kier molecular flexibility index (Phi) is 3.71. The molecule has 1 amide bonds. The number of carboxylic acid groups (broad SMARTS) is 1. The maximum atomic E-state index is 13.6. The number of nitrogens with one attached hydrogen (secondary N) is 1. The molecule has 0 bridgehead atoms. The fourth-order valence-electron chi connectivity index (χ4n) is 2.11. The van der Waals surface area contributed by atoms with E-state index in [2.05, 4.69) is 5.32 Å². The van der Waals surface area contributed by atoms with Gasteiger partial charge in [0.05, 0.1) is 6.54 Å². The summed E-state index contributed by atoms with van der Waals surface area (Å²) in [6, 6.07) is 2.71. The van der Waals surface area contributed by atoms with Gasteiger partial charge in [0, 0.05) is 11.6 Å². The summed E-state index contributed by atoms with van der Waals surface area (Å²) in [6.45, 7) is 0.882. The highest BCUT2D eigenvalue weighted by atomic mass is 19.1. The fraction of sp³-hybridized carbons (Fsp3) is 0.429. The van der Waals surface area contributed by atoms with Crippen LogP contribution in [-0.4, -0.2) is 28.6 Å². The molecule has 0 aliphatic heterocycles. The van der Waals surface area contributed by atoms with Crippen LogP contribution in [0, 0.1) is 17.0 Å². The Hall–Kier alpha value is -2.02. The SMILES string of the molecule is CC(O)(CNC(=O)C1(C(=O)O)CC1)c1ccc(F)cc1F. The highest BCUT2D eigenvalue weighted by molar-refractivity contribution is 6.04. The number of carbonyl (C=O) groups excluding carboxylic acids is 1. The maximum absolute atomic E-state index is 13.6. The van der Waals surface area contributed by atoms with E-state index >= 15 is 0 Å². The molecule has 5 nitrogen and oxygen atoms in total. The van der Waals surface area contributed by atoms with Crippen molar-refractivity contribution in [1.29, 1.82) is 0 Å². The Bertz CT molecular complexity index is 597. The first-order chi connectivity index (χ1) is 9.69. The van der Waals surface area contributed by atoms with Crippen molar-refractivity contribution < 1.29 is 28.6 Å². The number of halogens is 2. The molecule has 1 aliphatic rings. The van der Waals surface area contributed by atoms with E-state index in [-0.39, 0.29) is 24.9 Å². The molecule has 7 heteroatoms. The van der Waals surface area contributed by atoms with Gasteiger partial charge in [-0.1, -0.05) is 6.07 Å². The summed E-state index contributed by atoms with van der Waals surface area (Å²) < 4.78 is 26.5. The van der Waals surface area contributed by atoms with Gasteiger partial charge in [0.2, 0.25) is 5.91 Å². The lowest BCUT2D eigenvalue weighted by Gasteiger charge is -2.25. The summed E-state index contributed by atoms with van der Waals surface area (Å²) in [7, 11) is 0. The highest BCUT2D eigenvalue weighted by Gasteiger charge is 2.57. The van der Waals surface area contributed by atoms with Crippen LogP contribution in [0.25, 0.3) is 0 Å². The van der Waals surface area contributed by atoms with Crippen LogP contribution in [0.5, 0.6) is 0 Å². The minimum absolute atomic E-state index is 0.177. The summed E-state index contributed by atoms with van der Waals surface area (Å²) in [5.41, 5.74) is -3.39. The van der Waals surface area contributed by atoms with E-state index in [1.54, 1.807) is 0 Å². The second kappa shape index (κ2) is 5.07. The first-order valence-electron chi connectivity index (χ1n) is 6.39. The topological polar surface area (TPSA) is 86.6 Å². The molecule has 0 spiro atoms. The molecular weight excluding hydrogens is 284 g/mol. The third-order valence-corrected chi connectivity index (χ3v) is 3.70. The number of aliphatic carboxylic acids is 1. The van der Waals surface area contributed by atoms with Crippen molar-refractivity contribution in [2.75, 3.05) is 6.54 Å². The number of carboxylic acids is 1. The Morgan fingerprint density at radius 1 is 1.38 bits per heavy atom. The molecule has 1 atom stereocenters. The van der Waals surface area contributed by atoms with Crippen molar-refractivity contribution in [3.8, 4) is 0 Å². The minimum Gasteiger partial charge on any atom is -0.480 e. The first kappa shape index (κ1) is 15.4. The lowest BCUT2D eigenvalue weighted by atomic mass is 9.94. The van der Waals surface area contributed by atoms with Crippen LogP contribution in [0.4, 0.5) is 8.78 Å². The van der Waals surface area contributed by atoms with Gasteiger partial charge in [-0.3, -0.25) is 9.59 Å². The van der Waals surface area contributed by atoms with Crippen molar-refractivity contribution in [2.45, 2.75) is 25.4 Å². The van der Waals surface area contributed by atoms with E-state index in [4.69, 9.17) is 5.11 Å². The van der Waals surface area contributed by atoms with Gasteiger partial charge in [-0.2, -0.15) is 0 Å². The Balaban J connectivity index is 2.08. The zero-order valence-electron chi connectivity index (χ0n) is 11.3. The highest BCUT2D eigenvalue weighted by Crippen LogP contribution is 2.46. The average molecular weight is 299 g/mol. The maximum Gasteiger partial charge on any atom is 0.319 e. The number of carbonyl (C=O) groups is 2. The van der Waals surface area contributed by atoms with Crippen molar-refractivity contribution in [3.63, 3.8) is 0 Å². The lowest BCUT2D eigenvalue weighted by Crippen LogP contribution is -2.44. The number of rotatable bonds is 5. The predicted octanol–water partition coefficient (Wildman–Crippen LogP) is 1.15. The zero-order valence-corrected chi connectivity index (χ0v) is 11.3. The molecule has 1 aromatic carbocycles. The Morgan fingerprint density at radius 2 is 2.00 bits per heavy atom. The molecule has 1 saturated carbocycles. The summed E-state index contributed by atoms with van der Waals surface area (Å²) in [4.78, 5) is 22.8. The molecule has 1 unspecified atom stereocenters. The average Bonchev–Trinajstić information content (AvgIpc) is 3.17. The number of benzene rings is 1. The quantitative estimate of drug-likeness (QED) is 0.712. The van der Waals surface area contributed by atoms with Crippen LogP contribution >= 0.6 is 0 Å². The van der Waals surface area contributed by atoms with E-state index < -0.39 is 34.5 Å². The molecule has 0 saturated heterocycles. The van der Waals surface area contributed by atoms with E-state index in [9.17, 15) is 23.5 Å². The molecule has 21 heavy (non-hydrogen) atoms. The van der Waals surface area contributed by atoms with Crippen LogP contribution in [0.3, 0.4) is 0 Å². The second-order valence-corrected chi connectivity index (χ2v) is 5.47. The Morgan fingerprint density at radius 3 is 2.48 bits per heavy atom. The molecule has 114 valence electrons. The van der Waals surface area contributed by atoms with Crippen LogP contribution in [0.1, 0.15) is 25.3 Å². The monoisotopic (exact) mass is 299 g/mol. The molecule has 3 N–H and O–H groups in total. The molecule has 0 radical (unpaired) electrons. The summed E-state index contributed by atoms with van der Waals surface area (Å²) >= 11 is 0. The number of amides is 1. The minimum atomic E-state index is -1.78. The molecule has 1 aliphatic carbocycles. The molecule has 0 heterocycles. The third kappa shape index (κ3) is 2.87. The standard InChI is InChI=1S/C14H15F2NO4/c1-13(21,9-3-2-8(15)6-10(9)16)7-17-11(18)14(4-5-14)12(19)20/h2-3,6,21H,4-5,7H2,1H3,(H,17,18)(H,19,20). The number of hydrogen-bond donors (Lipinski definition) is 3. The van der Waals surface area contributed by atoms with Gasteiger partial charge >= 0.3 is 5.97 Å². The van der Waals surface area contributed by atoms with E-state index in [1.165, 1.54) is 6.92 Å². The van der Waals surface area contributed by atoms with Crippen molar-refractivity contribution in [2.24, 2.45) is 5.41 Å².